The van der Waals surface area contributed by atoms with Crippen molar-refractivity contribution < 1.29 is 19.4 Å². The van der Waals surface area contributed by atoms with Crippen LogP contribution in [0.1, 0.15) is 28.3 Å². The highest BCUT2D eigenvalue weighted by molar-refractivity contribution is 6.30. The first-order chi connectivity index (χ1) is 11.5. The largest absolute Gasteiger partial charge is 0.550 e. The monoisotopic (exact) mass is 347 g/mol. The maximum atomic E-state index is 12.3. The van der Waals surface area contributed by atoms with Gasteiger partial charge in [-0.25, -0.2) is 4.98 Å². The molecule has 1 aromatic heterocycles. The smallest absolute Gasteiger partial charge is 0.256 e. The Morgan fingerprint density at radius 1 is 1.29 bits per heavy atom. The van der Waals surface area contributed by atoms with Crippen LogP contribution in [-0.2, 0) is 4.79 Å². The van der Waals surface area contributed by atoms with E-state index >= 15 is 0 Å². The van der Waals surface area contributed by atoms with Gasteiger partial charge in [0.1, 0.15) is 5.56 Å². The first kappa shape index (κ1) is 17.7. The van der Waals surface area contributed by atoms with E-state index in [1.165, 1.54) is 13.3 Å². The van der Waals surface area contributed by atoms with Crippen LogP contribution in [0.3, 0.4) is 0 Å². The van der Waals surface area contributed by atoms with Gasteiger partial charge in [0.15, 0.2) is 0 Å². The number of nitrogens with one attached hydrogen (secondary N) is 1. The summed E-state index contributed by atoms with van der Waals surface area (Å²) in [6, 6.07) is 10.0. The summed E-state index contributed by atoms with van der Waals surface area (Å²) >= 11 is 5.84. The molecule has 2 rings (SSSR count). The molecule has 1 heterocycles. The molecule has 7 heteroatoms. The lowest BCUT2D eigenvalue weighted by Crippen LogP contribution is -2.32. The molecule has 2 aromatic rings. The molecule has 0 unspecified atom stereocenters. The Kier molecular flexibility index (Phi) is 6.14. The summed E-state index contributed by atoms with van der Waals surface area (Å²) in [7, 11) is 1.42. The lowest BCUT2D eigenvalue weighted by Gasteiger charge is -2.19. The average Bonchev–Trinajstić information content (AvgIpc) is 2.58. The van der Waals surface area contributed by atoms with Gasteiger partial charge in [-0.1, -0.05) is 23.7 Å². The number of carboxylic acids is 1. The zero-order valence-electron chi connectivity index (χ0n) is 13.0. The van der Waals surface area contributed by atoms with E-state index in [0.717, 1.165) is 5.56 Å². The lowest BCUT2D eigenvalue weighted by atomic mass is 9.95. The summed E-state index contributed by atoms with van der Waals surface area (Å²) in [5, 5.41) is 14.2. The number of halogens is 1. The number of carboxylic acid groups (broad SMARTS) is 1. The molecule has 0 bridgehead atoms. The number of amides is 1. The molecule has 0 aliphatic heterocycles. The fraction of sp³-hybridized carbons (Fsp3) is 0.235. The summed E-state index contributed by atoms with van der Waals surface area (Å²) in [6.07, 6.45) is 1.30. The highest BCUT2D eigenvalue weighted by Crippen LogP contribution is 2.21. The van der Waals surface area contributed by atoms with Crippen LogP contribution in [0.5, 0.6) is 5.88 Å². The number of hydrogen-bond acceptors (Lipinski definition) is 5. The van der Waals surface area contributed by atoms with Gasteiger partial charge in [0.2, 0.25) is 5.88 Å². The molecule has 0 saturated carbocycles. The standard InChI is InChI=1S/C17H17ClN2O4/c1-24-17-14(3-2-8-19-17)16(23)20-10-12(9-15(21)22)11-4-6-13(18)7-5-11/h2-8,12H,9-10H2,1H3,(H,20,23)(H,21,22)/p-1/t12-/m1/s1. The van der Waals surface area contributed by atoms with E-state index in [1.807, 2.05) is 0 Å². The number of carbonyl (C=O) groups excluding carboxylic acids is 2. The number of hydrogen-bond donors (Lipinski definition) is 1. The Labute approximate surface area is 144 Å². The summed E-state index contributed by atoms with van der Waals surface area (Å²) in [5.41, 5.74) is 1.03. The Morgan fingerprint density at radius 3 is 2.62 bits per heavy atom. The zero-order valence-corrected chi connectivity index (χ0v) is 13.7. The van der Waals surface area contributed by atoms with Gasteiger partial charge in [-0.2, -0.15) is 0 Å². The number of methoxy groups -OCH3 is 1. The quantitative estimate of drug-likeness (QED) is 0.817. The summed E-state index contributed by atoms with van der Waals surface area (Å²) in [5.74, 6) is -1.81. The zero-order chi connectivity index (χ0) is 17.5. The van der Waals surface area contributed by atoms with Crippen molar-refractivity contribution in [3.8, 4) is 5.88 Å². The third kappa shape index (κ3) is 4.70. The molecule has 0 radical (unpaired) electrons. The Hall–Kier alpha value is -2.60. The second-order valence-electron chi connectivity index (χ2n) is 5.09. The summed E-state index contributed by atoms with van der Waals surface area (Å²) in [4.78, 5) is 27.2. The highest BCUT2D eigenvalue weighted by Gasteiger charge is 2.17. The molecule has 1 amide bonds. The highest BCUT2D eigenvalue weighted by atomic mass is 35.5. The van der Waals surface area contributed by atoms with Crippen molar-refractivity contribution in [1.29, 1.82) is 0 Å². The maximum Gasteiger partial charge on any atom is 0.256 e. The third-order valence-electron chi connectivity index (χ3n) is 3.47. The molecule has 0 spiro atoms. The predicted octanol–water partition coefficient (Wildman–Crippen LogP) is 1.40. The molecule has 0 saturated heterocycles. The van der Waals surface area contributed by atoms with Gasteiger partial charge < -0.3 is 20.0 Å². The van der Waals surface area contributed by atoms with Gasteiger partial charge in [-0.3, -0.25) is 4.79 Å². The number of carbonyl (C=O) groups is 2. The SMILES string of the molecule is COc1ncccc1C(=O)NC[C@@H](CC(=O)[O-])c1ccc(Cl)cc1. The van der Waals surface area contributed by atoms with Crippen LogP contribution >= 0.6 is 11.6 Å². The maximum absolute atomic E-state index is 12.3. The molecular formula is C17H16ClN2O4-. The van der Waals surface area contributed by atoms with Crippen molar-refractivity contribution in [3.05, 3.63) is 58.7 Å². The fourth-order valence-corrected chi connectivity index (χ4v) is 2.41. The minimum atomic E-state index is -1.19. The van der Waals surface area contributed by atoms with E-state index in [-0.39, 0.29) is 24.4 Å². The molecule has 0 fully saturated rings. The molecule has 24 heavy (non-hydrogen) atoms. The summed E-state index contributed by atoms with van der Waals surface area (Å²) < 4.78 is 5.04. The van der Waals surface area contributed by atoms with E-state index < -0.39 is 17.8 Å². The van der Waals surface area contributed by atoms with Crippen LogP contribution in [-0.4, -0.2) is 30.5 Å². The van der Waals surface area contributed by atoms with Crippen molar-refractivity contribution >= 4 is 23.5 Å². The van der Waals surface area contributed by atoms with Crippen molar-refractivity contribution in [1.82, 2.24) is 10.3 Å². The third-order valence-corrected chi connectivity index (χ3v) is 3.72. The van der Waals surface area contributed by atoms with Crippen LogP contribution in [0, 0.1) is 0 Å². The minimum absolute atomic E-state index is 0.131. The second kappa shape index (κ2) is 8.31. The lowest BCUT2D eigenvalue weighted by molar-refractivity contribution is -0.306. The van der Waals surface area contributed by atoms with Crippen molar-refractivity contribution in [2.24, 2.45) is 0 Å². The Morgan fingerprint density at radius 2 is 2.00 bits per heavy atom. The van der Waals surface area contributed by atoms with E-state index in [0.29, 0.717) is 5.02 Å². The van der Waals surface area contributed by atoms with E-state index in [1.54, 1.807) is 36.4 Å². The number of nitrogens with zero attached hydrogens (tertiary/aromatic N) is 1. The average molecular weight is 348 g/mol. The van der Waals surface area contributed by atoms with Gasteiger partial charge >= 0.3 is 0 Å². The van der Waals surface area contributed by atoms with Gasteiger partial charge in [0.25, 0.3) is 5.91 Å². The van der Waals surface area contributed by atoms with Crippen LogP contribution in [0.4, 0.5) is 0 Å². The molecule has 1 N–H and O–H groups in total. The van der Waals surface area contributed by atoms with Gasteiger partial charge in [-0.05, 0) is 36.2 Å². The molecule has 126 valence electrons. The molecule has 1 atom stereocenters. The second-order valence-corrected chi connectivity index (χ2v) is 5.53. The van der Waals surface area contributed by atoms with Gasteiger partial charge in [0, 0.05) is 29.7 Å². The van der Waals surface area contributed by atoms with Gasteiger partial charge in [-0.15, -0.1) is 0 Å². The molecule has 6 nitrogen and oxygen atoms in total. The van der Waals surface area contributed by atoms with Gasteiger partial charge in [0.05, 0.1) is 7.11 Å². The summed E-state index contributed by atoms with van der Waals surface area (Å²) in [6.45, 7) is 0.131. The van der Waals surface area contributed by atoms with E-state index in [4.69, 9.17) is 16.3 Å². The topological polar surface area (TPSA) is 91.3 Å². The number of pyridine rings is 1. The number of ether oxygens (including phenoxy) is 1. The number of aromatic nitrogens is 1. The van der Waals surface area contributed by atoms with Crippen molar-refractivity contribution in [2.75, 3.05) is 13.7 Å². The molecule has 0 aliphatic rings. The molecular weight excluding hydrogens is 332 g/mol. The van der Waals surface area contributed by atoms with Crippen LogP contribution in [0.25, 0.3) is 0 Å². The minimum Gasteiger partial charge on any atom is -0.550 e. The molecule has 0 aliphatic carbocycles. The Balaban J connectivity index is 2.11. The predicted molar refractivity (Wildman–Crippen MR) is 86.9 cm³/mol. The van der Waals surface area contributed by atoms with Crippen molar-refractivity contribution in [3.63, 3.8) is 0 Å². The number of rotatable bonds is 7. The van der Waals surface area contributed by atoms with E-state index in [9.17, 15) is 14.7 Å². The number of benzene rings is 1. The van der Waals surface area contributed by atoms with E-state index in [2.05, 4.69) is 10.3 Å². The fourth-order valence-electron chi connectivity index (χ4n) is 2.28. The first-order valence-corrected chi connectivity index (χ1v) is 7.61. The first-order valence-electron chi connectivity index (χ1n) is 7.23. The van der Waals surface area contributed by atoms with Crippen LogP contribution in [0.2, 0.25) is 5.02 Å². The number of aliphatic carboxylic acids is 1. The molecule has 1 aromatic carbocycles. The Bertz CT molecular complexity index is 719. The van der Waals surface area contributed by atoms with Crippen LogP contribution < -0.4 is 15.2 Å². The van der Waals surface area contributed by atoms with Crippen LogP contribution in [0.15, 0.2) is 42.6 Å². The van der Waals surface area contributed by atoms with Crippen molar-refractivity contribution in [2.45, 2.75) is 12.3 Å². The normalized spacial score (nSPS) is 11.6.